The van der Waals surface area contributed by atoms with Gasteiger partial charge in [-0.2, -0.15) is 0 Å². The summed E-state index contributed by atoms with van der Waals surface area (Å²) in [5.74, 6) is 5.85. The molecule has 1 N–H and O–H groups in total. The largest absolute Gasteiger partial charge is 0.395 e. The second kappa shape index (κ2) is 7.04. The van der Waals surface area contributed by atoms with Gasteiger partial charge in [-0.1, -0.05) is 11.8 Å². The van der Waals surface area contributed by atoms with Gasteiger partial charge in [0.15, 0.2) is 0 Å². The van der Waals surface area contributed by atoms with Crippen LogP contribution in [0.2, 0.25) is 0 Å². The predicted octanol–water partition coefficient (Wildman–Crippen LogP) is 1.60. The molecule has 0 unspecified atom stereocenters. The number of thiophene rings is 1. The predicted molar refractivity (Wildman–Crippen MR) is 73.4 cm³/mol. The van der Waals surface area contributed by atoms with E-state index in [0.717, 1.165) is 10.4 Å². The summed E-state index contributed by atoms with van der Waals surface area (Å²) in [6.07, 6.45) is 0.490. The van der Waals surface area contributed by atoms with E-state index < -0.39 is 0 Å². The number of aliphatic hydroxyl groups is 1. The first-order valence-corrected chi connectivity index (χ1v) is 6.52. The van der Waals surface area contributed by atoms with Gasteiger partial charge in [0.25, 0.3) is 0 Å². The maximum absolute atomic E-state index is 11.7. The van der Waals surface area contributed by atoms with Crippen LogP contribution in [-0.4, -0.2) is 48.7 Å². The van der Waals surface area contributed by atoms with Crippen LogP contribution in [0.25, 0.3) is 0 Å². The first-order chi connectivity index (χ1) is 8.54. The fraction of sp³-hybridized carbons (Fsp3) is 0.462. The lowest BCUT2D eigenvalue weighted by Gasteiger charge is -2.20. The molecule has 0 bridgehead atoms. The minimum absolute atomic E-state index is 0.0173. The maximum Gasteiger partial charge on any atom is 0.319 e. The number of carbonyl (C=O) groups excluding carboxylic acids is 1. The summed E-state index contributed by atoms with van der Waals surface area (Å²) in [6, 6.07) is 1.96. The molecule has 0 spiro atoms. The van der Waals surface area contributed by atoms with E-state index in [2.05, 4.69) is 11.8 Å². The van der Waals surface area contributed by atoms with Crippen molar-refractivity contribution >= 4 is 17.4 Å². The standard InChI is InChI=1S/C13H18N2O2S/c1-14(2)13(17)15(3)9-12-8-11(10-18-12)6-4-5-7-16/h8,10,16H,5,7,9H2,1-3H3. The summed E-state index contributed by atoms with van der Waals surface area (Å²) >= 11 is 1.59. The highest BCUT2D eigenvalue weighted by Gasteiger charge is 2.11. The molecule has 18 heavy (non-hydrogen) atoms. The van der Waals surface area contributed by atoms with Crippen molar-refractivity contribution in [2.75, 3.05) is 27.7 Å². The topological polar surface area (TPSA) is 43.8 Å². The summed E-state index contributed by atoms with van der Waals surface area (Å²) in [5, 5.41) is 10.6. The average Bonchev–Trinajstić information content (AvgIpc) is 2.76. The number of nitrogens with zero attached hydrogens (tertiary/aromatic N) is 2. The zero-order valence-corrected chi connectivity index (χ0v) is 11.8. The van der Waals surface area contributed by atoms with Gasteiger partial charge < -0.3 is 14.9 Å². The highest BCUT2D eigenvalue weighted by molar-refractivity contribution is 7.10. The fourth-order valence-corrected chi connectivity index (χ4v) is 2.26. The van der Waals surface area contributed by atoms with Gasteiger partial charge in [0.05, 0.1) is 13.2 Å². The molecule has 1 heterocycles. The average molecular weight is 266 g/mol. The van der Waals surface area contributed by atoms with Gasteiger partial charge in [-0.15, -0.1) is 11.3 Å². The molecular formula is C13H18N2O2S. The van der Waals surface area contributed by atoms with Crippen LogP contribution in [0.4, 0.5) is 4.79 Å². The van der Waals surface area contributed by atoms with Crippen LogP contribution < -0.4 is 0 Å². The number of carbonyl (C=O) groups is 1. The van der Waals surface area contributed by atoms with Crippen molar-refractivity contribution in [2.45, 2.75) is 13.0 Å². The monoisotopic (exact) mass is 266 g/mol. The van der Waals surface area contributed by atoms with Crippen molar-refractivity contribution in [3.8, 4) is 11.8 Å². The van der Waals surface area contributed by atoms with E-state index in [1.165, 1.54) is 0 Å². The molecule has 0 saturated heterocycles. The lowest BCUT2D eigenvalue weighted by atomic mass is 10.3. The van der Waals surface area contributed by atoms with E-state index in [9.17, 15) is 4.79 Å². The highest BCUT2D eigenvalue weighted by Crippen LogP contribution is 2.16. The molecule has 2 amide bonds. The molecule has 0 aliphatic carbocycles. The zero-order valence-electron chi connectivity index (χ0n) is 10.9. The third-order valence-electron chi connectivity index (χ3n) is 2.23. The first-order valence-electron chi connectivity index (χ1n) is 5.64. The van der Waals surface area contributed by atoms with E-state index in [4.69, 9.17) is 5.11 Å². The van der Waals surface area contributed by atoms with Crippen LogP contribution in [-0.2, 0) is 6.54 Å². The van der Waals surface area contributed by atoms with E-state index in [0.29, 0.717) is 13.0 Å². The van der Waals surface area contributed by atoms with E-state index in [1.54, 1.807) is 42.3 Å². The second-order valence-corrected chi connectivity index (χ2v) is 5.11. The van der Waals surface area contributed by atoms with Gasteiger partial charge in [0, 0.05) is 43.4 Å². The molecule has 0 atom stereocenters. The molecular weight excluding hydrogens is 248 g/mol. The Morgan fingerprint density at radius 3 is 2.78 bits per heavy atom. The number of amides is 2. The molecule has 5 heteroatoms. The number of rotatable bonds is 3. The smallest absolute Gasteiger partial charge is 0.319 e. The van der Waals surface area contributed by atoms with Crippen LogP contribution in [0.15, 0.2) is 11.4 Å². The maximum atomic E-state index is 11.7. The molecule has 1 rings (SSSR count). The van der Waals surface area contributed by atoms with Gasteiger partial charge in [0.1, 0.15) is 0 Å². The van der Waals surface area contributed by atoms with Crippen molar-refractivity contribution in [1.29, 1.82) is 0 Å². The van der Waals surface area contributed by atoms with Gasteiger partial charge in [-0.3, -0.25) is 0 Å². The van der Waals surface area contributed by atoms with Crippen molar-refractivity contribution in [3.05, 3.63) is 21.9 Å². The molecule has 0 radical (unpaired) electrons. The van der Waals surface area contributed by atoms with Gasteiger partial charge in [-0.05, 0) is 6.07 Å². The molecule has 0 fully saturated rings. The minimum Gasteiger partial charge on any atom is -0.395 e. The van der Waals surface area contributed by atoms with E-state index >= 15 is 0 Å². The minimum atomic E-state index is -0.0173. The van der Waals surface area contributed by atoms with Gasteiger partial charge >= 0.3 is 6.03 Å². The second-order valence-electron chi connectivity index (χ2n) is 4.11. The summed E-state index contributed by atoms with van der Waals surface area (Å²) in [6.45, 7) is 0.674. The molecule has 0 aliphatic rings. The Bertz CT molecular complexity index is 457. The third kappa shape index (κ3) is 4.40. The van der Waals surface area contributed by atoms with Crippen molar-refractivity contribution in [3.63, 3.8) is 0 Å². The molecule has 98 valence electrons. The zero-order chi connectivity index (χ0) is 13.5. The van der Waals surface area contributed by atoms with Crippen molar-refractivity contribution in [1.82, 2.24) is 9.80 Å². The molecule has 1 aromatic rings. The van der Waals surface area contributed by atoms with Crippen LogP contribution in [0.5, 0.6) is 0 Å². The Balaban J connectivity index is 2.59. The van der Waals surface area contributed by atoms with Gasteiger partial charge in [0.2, 0.25) is 0 Å². The van der Waals surface area contributed by atoms with Crippen molar-refractivity contribution in [2.24, 2.45) is 0 Å². The first kappa shape index (κ1) is 14.6. The lowest BCUT2D eigenvalue weighted by Crippen LogP contribution is -2.35. The summed E-state index contributed by atoms with van der Waals surface area (Å²) in [7, 11) is 5.25. The quantitative estimate of drug-likeness (QED) is 0.844. The Hall–Kier alpha value is -1.51. The summed E-state index contributed by atoms with van der Waals surface area (Å²) in [4.78, 5) is 16.0. The Morgan fingerprint density at radius 1 is 1.44 bits per heavy atom. The van der Waals surface area contributed by atoms with E-state index in [1.807, 2.05) is 11.4 Å². The van der Waals surface area contributed by atoms with Crippen LogP contribution in [0, 0.1) is 11.8 Å². The lowest BCUT2D eigenvalue weighted by molar-refractivity contribution is 0.180. The summed E-state index contributed by atoms with van der Waals surface area (Å²) < 4.78 is 0. The number of hydrogen-bond acceptors (Lipinski definition) is 3. The molecule has 0 aliphatic heterocycles. The SMILES string of the molecule is CN(C)C(=O)N(C)Cc1cc(C#CCCO)cs1. The van der Waals surface area contributed by atoms with Crippen molar-refractivity contribution < 1.29 is 9.90 Å². The number of aliphatic hydroxyl groups excluding tert-OH is 1. The molecule has 0 saturated carbocycles. The van der Waals surface area contributed by atoms with Crippen LogP contribution in [0.1, 0.15) is 16.9 Å². The third-order valence-corrected chi connectivity index (χ3v) is 3.15. The Kier molecular flexibility index (Phi) is 5.69. The van der Waals surface area contributed by atoms with Crippen LogP contribution >= 0.6 is 11.3 Å². The molecule has 0 aromatic carbocycles. The molecule has 1 aromatic heterocycles. The number of hydrogen-bond donors (Lipinski definition) is 1. The number of urea groups is 1. The highest BCUT2D eigenvalue weighted by atomic mass is 32.1. The summed E-state index contributed by atoms with van der Waals surface area (Å²) in [5.41, 5.74) is 0.939. The van der Waals surface area contributed by atoms with E-state index in [-0.39, 0.29) is 12.6 Å². The normalized spacial score (nSPS) is 9.56. The van der Waals surface area contributed by atoms with Gasteiger partial charge in [-0.25, -0.2) is 4.79 Å². The Labute approximate surface area is 112 Å². The molecule has 4 nitrogen and oxygen atoms in total. The fourth-order valence-electron chi connectivity index (χ4n) is 1.39. The Morgan fingerprint density at radius 2 is 2.17 bits per heavy atom. The van der Waals surface area contributed by atoms with Crippen LogP contribution in [0.3, 0.4) is 0 Å².